The summed E-state index contributed by atoms with van der Waals surface area (Å²) in [7, 11) is 0. The van der Waals surface area contributed by atoms with Crippen molar-refractivity contribution in [3.05, 3.63) is 41.7 Å². The molecule has 1 aromatic carbocycles. The summed E-state index contributed by atoms with van der Waals surface area (Å²) in [6, 6.07) is 9.47. The zero-order chi connectivity index (χ0) is 15.2. The number of nitrogens with zero attached hydrogens (tertiary/aromatic N) is 3. The molecule has 1 unspecified atom stereocenters. The molecule has 6 nitrogen and oxygen atoms in total. The van der Waals surface area contributed by atoms with E-state index in [0.717, 1.165) is 5.56 Å². The molecule has 0 aliphatic rings. The number of carboxylic acids is 1. The van der Waals surface area contributed by atoms with Gasteiger partial charge in [0.1, 0.15) is 0 Å². The fraction of sp³-hybridized carbons (Fsp3) is 0.429. The molecular formula is C14H17FN4O2. The van der Waals surface area contributed by atoms with Crippen LogP contribution in [0.15, 0.2) is 30.3 Å². The number of hydrogen-bond donors (Lipinski definition) is 2. The molecule has 2 aromatic rings. The molecule has 7 heteroatoms. The van der Waals surface area contributed by atoms with Crippen molar-refractivity contribution >= 4 is 5.97 Å². The number of aromatic amines is 1. The highest BCUT2D eigenvalue weighted by atomic mass is 19.1. The van der Waals surface area contributed by atoms with Crippen molar-refractivity contribution in [1.82, 2.24) is 20.6 Å². The van der Waals surface area contributed by atoms with Gasteiger partial charge in [-0.15, -0.1) is 5.10 Å². The number of nitrogens with one attached hydrogen (secondary N) is 1. The molecular weight excluding hydrogens is 275 g/mol. The highest BCUT2D eigenvalue weighted by Gasteiger charge is 2.36. The average molecular weight is 292 g/mol. The molecule has 0 radical (unpaired) electrons. The zero-order valence-electron chi connectivity index (χ0n) is 11.6. The lowest BCUT2D eigenvalue weighted by molar-refractivity contribution is -0.143. The first-order valence-corrected chi connectivity index (χ1v) is 6.72. The largest absolute Gasteiger partial charge is 0.481 e. The molecule has 1 aromatic heterocycles. The Kier molecular flexibility index (Phi) is 4.97. The zero-order valence-corrected chi connectivity index (χ0v) is 11.6. The van der Waals surface area contributed by atoms with Crippen molar-refractivity contribution in [1.29, 1.82) is 0 Å². The van der Waals surface area contributed by atoms with Crippen LogP contribution in [-0.2, 0) is 4.79 Å². The molecule has 2 rings (SSSR count). The van der Waals surface area contributed by atoms with Gasteiger partial charge in [-0.2, -0.15) is 0 Å². The highest BCUT2D eigenvalue weighted by Crippen LogP contribution is 2.38. The minimum Gasteiger partial charge on any atom is -0.481 e. The second-order valence-corrected chi connectivity index (χ2v) is 4.93. The molecule has 0 aliphatic carbocycles. The summed E-state index contributed by atoms with van der Waals surface area (Å²) in [5, 5.41) is 22.9. The molecule has 0 bridgehead atoms. The predicted octanol–water partition coefficient (Wildman–Crippen LogP) is 2.15. The molecule has 21 heavy (non-hydrogen) atoms. The minimum absolute atomic E-state index is 0.0716. The minimum atomic E-state index is -1.04. The fourth-order valence-corrected chi connectivity index (χ4v) is 2.62. The maximum atomic E-state index is 12.7. The first kappa shape index (κ1) is 15.1. The van der Waals surface area contributed by atoms with E-state index in [1.165, 1.54) is 0 Å². The van der Waals surface area contributed by atoms with E-state index in [4.69, 9.17) is 0 Å². The molecule has 3 atom stereocenters. The summed E-state index contributed by atoms with van der Waals surface area (Å²) < 4.78 is 12.7. The van der Waals surface area contributed by atoms with E-state index in [9.17, 15) is 14.3 Å². The molecule has 1 heterocycles. The van der Waals surface area contributed by atoms with Gasteiger partial charge in [0, 0.05) is 5.92 Å². The SMILES string of the molecule is CC(c1ccccc1)[C@H](c1nnn[nH]1)[C@H](CCF)C(=O)O. The Balaban J connectivity index is 2.38. The monoisotopic (exact) mass is 292 g/mol. The number of alkyl halides is 1. The molecule has 0 saturated carbocycles. The van der Waals surface area contributed by atoms with Crippen molar-refractivity contribution in [3.8, 4) is 0 Å². The van der Waals surface area contributed by atoms with E-state index in [0.29, 0.717) is 5.82 Å². The van der Waals surface area contributed by atoms with Crippen LogP contribution < -0.4 is 0 Å². The van der Waals surface area contributed by atoms with E-state index < -0.39 is 24.5 Å². The van der Waals surface area contributed by atoms with Gasteiger partial charge in [-0.3, -0.25) is 9.18 Å². The van der Waals surface area contributed by atoms with Crippen LogP contribution >= 0.6 is 0 Å². The van der Waals surface area contributed by atoms with Crippen LogP contribution in [0, 0.1) is 5.92 Å². The van der Waals surface area contributed by atoms with Crippen molar-refractivity contribution in [2.45, 2.75) is 25.2 Å². The third-order valence-electron chi connectivity index (χ3n) is 3.71. The number of tetrazole rings is 1. The fourth-order valence-electron chi connectivity index (χ4n) is 2.62. The maximum absolute atomic E-state index is 12.7. The summed E-state index contributed by atoms with van der Waals surface area (Å²) in [6.45, 7) is 1.20. The number of halogens is 1. The summed E-state index contributed by atoms with van der Waals surface area (Å²) in [4.78, 5) is 11.5. The van der Waals surface area contributed by atoms with E-state index >= 15 is 0 Å². The van der Waals surface area contributed by atoms with Gasteiger partial charge in [-0.25, -0.2) is 5.10 Å². The Bertz CT molecular complexity index is 562. The topological polar surface area (TPSA) is 91.8 Å². The molecule has 0 saturated heterocycles. The lowest BCUT2D eigenvalue weighted by Crippen LogP contribution is -2.27. The normalized spacial score (nSPS) is 15.3. The van der Waals surface area contributed by atoms with Crippen molar-refractivity contribution in [2.75, 3.05) is 6.67 Å². The van der Waals surface area contributed by atoms with Gasteiger partial charge < -0.3 is 5.11 Å². The summed E-state index contributed by atoms with van der Waals surface area (Å²) in [6.07, 6.45) is -0.0716. The van der Waals surface area contributed by atoms with Gasteiger partial charge in [0.25, 0.3) is 0 Å². The molecule has 2 N–H and O–H groups in total. The summed E-state index contributed by atoms with van der Waals surface area (Å²) in [5.74, 6) is -2.24. The second-order valence-electron chi connectivity index (χ2n) is 4.93. The first-order valence-electron chi connectivity index (χ1n) is 6.72. The Morgan fingerprint density at radius 2 is 2.10 bits per heavy atom. The third kappa shape index (κ3) is 3.42. The number of carbonyl (C=O) groups is 1. The number of hydrogen-bond acceptors (Lipinski definition) is 4. The molecule has 112 valence electrons. The average Bonchev–Trinajstić information content (AvgIpc) is 3.01. The second kappa shape index (κ2) is 6.92. The van der Waals surface area contributed by atoms with Crippen LogP contribution in [0.5, 0.6) is 0 Å². The molecule has 0 spiro atoms. The van der Waals surface area contributed by atoms with E-state index in [1.54, 1.807) is 0 Å². The lowest BCUT2D eigenvalue weighted by Gasteiger charge is -2.27. The van der Waals surface area contributed by atoms with Crippen LogP contribution in [0.1, 0.15) is 36.6 Å². The first-order chi connectivity index (χ1) is 10.1. The lowest BCUT2D eigenvalue weighted by atomic mass is 9.77. The van der Waals surface area contributed by atoms with E-state index in [2.05, 4.69) is 20.6 Å². The Morgan fingerprint density at radius 3 is 2.62 bits per heavy atom. The number of rotatable bonds is 7. The quantitative estimate of drug-likeness (QED) is 0.815. The molecule has 0 fully saturated rings. The number of H-pyrrole nitrogens is 1. The van der Waals surface area contributed by atoms with Crippen molar-refractivity contribution < 1.29 is 14.3 Å². The number of aliphatic carboxylic acids is 1. The van der Waals surface area contributed by atoms with Crippen molar-refractivity contribution in [2.24, 2.45) is 5.92 Å². The maximum Gasteiger partial charge on any atom is 0.307 e. The van der Waals surface area contributed by atoms with Crippen LogP contribution in [-0.4, -0.2) is 38.4 Å². The molecule has 0 amide bonds. The van der Waals surface area contributed by atoms with Gasteiger partial charge in [-0.05, 0) is 28.3 Å². The smallest absolute Gasteiger partial charge is 0.307 e. The van der Waals surface area contributed by atoms with Crippen LogP contribution in [0.4, 0.5) is 4.39 Å². The Morgan fingerprint density at radius 1 is 1.38 bits per heavy atom. The predicted molar refractivity (Wildman–Crippen MR) is 73.5 cm³/mol. The standard InChI is InChI=1S/C14H17FN4O2/c1-9(10-5-3-2-4-6-10)12(13-16-18-19-17-13)11(7-8-15)14(20)21/h2-6,9,11-12H,7-8H2,1H3,(H,20,21)(H,16,17,18,19)/t9?,11-,12-/m0/s1. The highest BCUT2D eigenvalue weighted by molar-refractivity contribution is 5.71. The number of carboxylic acid groups (broad SMARTS) is 1. The third-order valence-corrected chi connectivity index (χ3v) is 3.71. The van der Waals surface area contributed by atoms with E-state index in [-0.39, 0.29) is 12.3 Å². The van der Waals surface area contributed by atoms with Gasteiger partial charge in [-0.1, -0.05) is 37.3 Å². The van der Waals surface area contributed by atoms with Gasteiger partial charge in [0.05, 0.1) is 12.6 Å². The van der Waals surface area contributed by atoms with Crippen LogP contribution in [0.3, 0.4) is 0 Å². The van der Waals surface area contributed by atoms with E-state index in [1.807, 2.05) is 37.3 Å². The molecule has 0 aliphatic heterocycles. The van der Waals surface area contributed by atoms with Crippen molar-refractivity contribution in [3.63, 3.8) is 0 Å². The van der Waals surface area contributed by atoms with Crippen LogP contribution in [0.2, 0.25) is 0 Å². The summed E-state index contributed by atoms with van der Waals surface area (Å²) >= 11 is 0. The Hall–Kier alpha value is -2.31. The van der Waals surface area contributed by atoms with Crippen LogP contribution in [0.25, 0.3) is 0 Å². The summed E-state index contributed by atoms with van der Waals surface area (Å²) in [5.41, 5.74) is 0.962. The van der Waals surface area contributed by atoms with Gasteiger partial charge in [0.15, 0.2) is 5.82 Å². The van der Waals surface area contributed by atoms with Gasteiger partial charge >= 0.3 is 5.97 Å². The Labute approximate surface area is 121 Å². The number of benzene rings is 1. The number of aromatic nitrogens is 4. The van der Waals surface area contributed by atoms with Gasteiger partial charge in [0.2, 0.25) is 0 Å².